The molecule has 0 radical (unpaired) electrons. The van der Waals surface area contributed by atoms with E-state index in [-0.39, 0.29) is 12.8 Å². The number of aliphatic carboxylic acids is 2. The van der Waals surface area contributed by atoms with Crippen LogP contribution in [0.1, 0.15) is 110 Å². The van der Waals surface area contributed by atoms with Crippen LogP contribution in [0.2, 0.25) is 0 Å². The van der Waals surface area contributed by atoms with Gasteiger partial charge in [-0.15, -0.1) is 0 Å². The minimum Gasteiger partial charge on any atom is -0.481 e. The number of carboxylic acids is 2. The molecule has 0 aromatic rings. The summed E-state index contributed by atoms with van der Waals surface area (Å²) in [5, 5.41) is 18.3. The number of ether oxygens (including phenoxy) is 1. The normalized spacial score (nSPS) is 12.2. The Labute approximate surface area is 183 Å². The molecule has 0 fully saturated rings. The highest BCUT2D eigenvalue weighted by Crippen LogP contribution is 2.28. The Balaban J connectivity index is 3.86. The van der Waals surface area contributed by atoms with Crippen molar-refractivity contribution in [2.75, 3.05) is 6.61 Å². The summed E-state index contributed by atoms with van der Waals surface area (Å²) in [6, 6.07) is 0. The number of hydrogen-bond acceptors (Lipinski definition) is 3. The van der Waals surface area contributed by atoms with Gasteiger partial charge in [0.2, 0.25) is 0 Å². The predicted octanol–water partition coefficient (Wildman–Crippen LogP) is 6.91. The van der Waals surface area contributed by atoms with Crippen LogP contribution in [-0.4, -0.2) is 34.4 Å². The second kappa shape index (κ2) is 19.3. The lowest BCUT2D eigenvalue weighted by molar-refractivity contribution is -0.154. The van der Waals surface area contributed by atoms with Crippen LogP contribution >= 0.6 is 0 Å². The Bertz CT molecular complexity index is 480. The van der Waals surface area contributed by atoms with Gasteiger partial charge in [0.25, 0.3) is 0 Å². The van der Waals surface area contributed by atoms with Gasteiger partial charge in [-0.1, -0.05) is 76.2 Å². The van der Waals surface area contributed by atoms with Crippen molar-refractivity contribution in [3.63, 3.8) is 0 Å². The lowest BCUT2D eigenvalue weighted by Gasteiger charge is -2.31. The van der Waals surface area contributed by atoms with Crippen molar-refractivity contribution < 1.29 is 24.5 Å². The van der Waals surface area contributed by atoms with Crippen LogP contribution in [0.3, 0.4) is 0 Å². The van der Waals surface area contributed by atoms with Crippen molar-refractivity contribution in [2.24, 2.45) is 0 Å². The SMILES string of the molecule is CCCCCC=CCC=CCCCCCCCCC(CC(=O)O)(CC(=O)O)OCC. The van der Waals surface area contributed by atoms with E-state index in [1.807, 2.05) is 0 Å². The first kappa shape index (κ1) is 28.4. The second-order valence-electron chi connectivity index (χ2n) is 8.09. The average molecular weight is 425 g/mol. The van der Waals surface area contributed by atoms with Crippen LogP contribution in [0.5, 0.6) is 0 Å². The Morgan fingerprint density at radius 2 is 1.23 bits per heavy atom. The molecular weight excluding hydrogens is 380 g/mol. The van der Waals surface area contributed by atoms with Crippen molar-refractivity contribution >= 4 is 11.9 Å². The molecule has 0 saturated heterocycles. The summed E-state index contributed by atoms with van der Waals surface area (Å²) < 4.78 is 5.60. The lowest BCUT2D eigenvalue weighted by atomic mass is 9.88. The van der Waals surface area contributed by atoms with Crippen LogP contribution < -0.4 is 0 Å². The number of rotatable bonds is 21. The first-order chi connectivity index (χ1) is 14.5. The third-order valence-electron chi connectivity index (χ3n) is 5.23. The van der Waals surface area contributed by atoms with Crippen LogP contribution in [0.25, 0.3) is 0 Å². The molecule has 2 N–H and O–H groups in total. The molecular formula is C25H44O5. The van der Waals surface area contributed by atoms with E-state index in [0.29, 0.717) is 13.0 Å². The number of allylic oxidation sites excluding steroid dienone is 4. The Morgan fingerprint density at radius 3 is 1.73 bits per heavy atom. The highest BCUT2D eigenvalue weighted by molar-refractivity contribution is 5.72. The van der Waals surface area contributed by atoms with Gasteiger partial charge in [0.1, 0.15) is 0 Å². The van der Waals surface area contributed by atoms with E-state index in [1.165, 1.54) is 38.5 Å². The monoisotopic (exact) mass is 424 g/mol. The van der Waals surface area contributed by atoms with Gasteiger partial charge in [0.15, 0.2) is 0 Å². The summed E-state index contributed by atoms with van der Waals surface area (Å²) >= 11 is 0. The number of carboxylic acid groups (broad SMARTS) is 2. The molecule has 0 bridgehead atoms. The minimum absolute atomic E-state index is 0.257. The molecule has 0 unspecified atom stereocenters. The van der Waals surface area contributed by atoms with E-state index >= 15 is 0 Å². The van der Waals surface area contributed by atoms with E-state index in [0.717, 1.165) is 38.5 Å². The zero-order chi connectivity index (χ0) is 22.5. The summed E-state index contributed by atoms with van der Waals surface area (Å²) in [5.41, 5.74) is -1.08. The molecule has 174 valence electrons. The van der Waals surface area contributed by atoms with Gasteiger partial charge in [0.05, 0.1) is 18.4 Å². The van der Waals surface area contributed by atoms with Gasteiger partial charge in [0, 0.05) is 6.61 Å². The van der Waals surface area contributed by atoms with Crippen molar-refractivity contribution in [3.8, 4) is 0 Å². The molecule has 5 nitrogen and oxygen atoms in total. The molecule has 0 aliphatic rings. The molecule has 0 atom stereocenters. The van der Waals surface area contributed by atoms with E-state index in [2.05, 4.69) is 31.2 Å². The maximum absolute atomic E-state index is 11.2. The van der Waals surface area contributed by atoms with Crippen LogP contribution in [0.4, 0.5) is 0 Å². The summed E-state index contributed by atoms with van der Waals surface area (Å²) in [6.07, 6.45) is 22.7. The highest BCUT2D eigenvalue weighted by Gasteiger charge is 2.35. The average Bonchev–Trinajstić information content (AvgIpc) is 2.66. The zero-order valence-corrected chi connectivity index (χ0v) is 19.2. The molecule has 0 rings (SSSR count). The topological polar surface area (TPSA) is 83.8 Å². The molecule has 30 heavy (non-hydrogen) atoms. The lowest BCUT2D eigenvalue weighted by Crippen LogP contribution is -2.38. The van der Waals surface area contributed by atoms with E-state index in [9.17, 15) is 9.59 Å². The van der Waals surface area contributed by atoms with E-state index < -0.39 is 17.5 Å². The Kier molecular flexibility index (Phi) is 18.3. The molecule has 0 amide bonds. The second-order valence-corrected chi connectivity index (χ2v) is 8.09. The first-order valence-corrected chi connectivity index (χ1v) is 11.8. The van der Waals surface area contributed by atoms with Crippen LogP contribution in [0, 0.1) is 0 Å². The fraction of sp³-hybridized carbons (Fsp3) is 0.760. The third-order valence-corrected chi connectivity index (χ3v) is 5.23. The van der Waals surface area contributed by atoms with Crippen molar-refractivity contribution in [2.45, 2.75) is 116 Å². The third kappa shape index (κ3) is 17.3. The van der Waals surface area contributed by atoms with Crippen molar-refractivity contribution in [1.82, 2.24) is 0 Å². The molecule has 0 heterocycles. The van der Waals surface area contributed by atoms with Gasteiger partial charge in [-0.25, -0.2) is 0 Å². The molecule has 0 aromatic heterocycles. The summed E-state index contributed by atoms with van der Waals surface area (Å²) in [5.74, 6) is -2.02. The first-order valence-electron chi connectivity index (χ1n) is 11.8. The van der Waals surface area contributed by atoms with Gasteiger partial charge >= 0.3 is 11.9 Å². The minimum atomic E-state index is -1.08. The van der Waals surface area contributed by atoms with E-state index in [1.54, 1.807) is 6.92 Å². The molecule has 0 saturated carbocycles. The fourth-order valence-electron chi connectivity index (χ4n) is 3.71. The molecule has 0 aliphatic carbocycles. The van der Waals surface area contributed by atoms with Gasteiger partial charge in [-0.3, -0.25) is 9.59 Å². The van der Waals surface area contributed by atoms with Gasteiger partial charge in [-0.2, -0.15) is 0 Å². The Hall–Kier alpha value is -1.62. The Morgan fingerprint density at radius 1 is 0.733 bits per heavy atom. The van der Waals surface area contributed by atoms with Crippen molar-refractivity contribution in [1.29, 1.82) is 0 Å². The van der Waals surface area contributed by atoms with Gasteiger partial charge < -0.3 is 14.9 Å². The molecule has 0 aromatic carbocycles. The van der Waals surface area contributed by atoms with E-state index in [4.69, 9.17) is 14.9 Å². The molecule has 5 heteroatoms. The molecule has 0 aliphatic heterocycles. The molecule has 0 spiro atoms. The number of unbranched alkanes of at least 4 members (excludes halogenated alkanes) is 9. The largest absolute Gasteiger partial charge is 0.481 e. The highest BCUT2D eigenvalue weighted by atomic mass is 16.5. The van der Waals surface area contributed by atoms with Crippen molar-refractivity contribution in [3.05, 3.63) is 24.3 Å². The summed E-state index contributed by atoms with van der Waals surface area (Å²) in [6.45, 7) is 4.32. The predicted molar refractivity (Wildman–Crippen MR) is 123 cm³/mol. The quantitative estimate of drug-likeness (QED) is 0.154. The summed E-state index contributed by atoms with van der Waals surface area (Å²) in [7, 11) is 0. The number of carbonyl (C=O) groups is 2. The maximum Gasteiger partial charge on any atom is 0.306 e. The maximum atomic E-state index is 11.2. The zero-order valence-electron chi connectivity index (χ0n) is 19.2. The van der Waals surface area contributed by atoms with Gasteiger partial charge in [-0.05, 0) is 45.4 Å². The van der Waals surface area contributed by atoms with Crippen LogP contribution in [-0.2, 0) is 14.3 Å². The summed E-state index contributed by atoms with van der Waals surface area (Å²) in [4.78, 5) is 22.3. The standard InChI is InChI=1S/C25H44O5/c1-3-5-6-7-8-9-10-11-12-13-14-15-16-17-18-19-20-25(30-4-2,21-23(26)27)22-24(28)29/h8-9,11-12H,3-7,10,13-22H2,1-2H3,(H,26,27)(H,28,29). The number of hydrogen-bond donors (Lipinski definition) is 2. The smallest absolute Gasteiger partial charge is 0.306 e. The van der Waals surface area contributed by atoms with Crippen LogP contribution in [0.15, 0.2) is 24.3 Å². The fourth-order valence-corrected chi connectivity index (χ4v) is 3.71.